The molecular formula is GeNSbSe. The largest absolute Gasteiger partial charge is 0 e. The van der Waals surface area contributed by atoms with Gasteiger partial charge in [-0.1, -0.05) is 0 Å². The van der Waals surface area contributed by atoms with Crippen molar-refractivity contribution in [3.63, 3.8) is 0 Å². The molecule has 0 spiro atoms. The van der Waals surface area contributed by atoms with Crippen molar-refractivity contribution in [1.82, 2.24) is 6.15 Å². The molecule has 0 heterocycles. The first kappa shape index (κ1) is 40.4. The first-order valence-electron chi connectivity index (χ1n) is 0. The number of hydrogen-bond acceptors (Lipinski definition) is 0. The molecule has 4 heavy (non-hydrogen) atoms. The van der Waals surface area contributed by atoms with Crippen molar-refractivity contribution < 1.29 is 0 Å². The van der Waals surface area contributed by atoms with Crippen LogP contribution in [0.1, 0.15) is 0 Å². The molecule has 0 atom stereocenters. The van der Waals surface area contributed by atoms with Crippen LogP contribution in [-0.2, 0) is 0 Å². The Hall–Kier alpha value is 1.84. The summed E-state index contributed by atoms with van der Waals surface area (Å²) in [6, 6.07) is 0. The third kappa shape index (κ3) is 9.15. The minimum Gasteiger partial charge on any atom is 0 e. The van der Waals surface area contributed by atoms with Crippen LogP contribution in [0, 0.1) is 0 Å². The van der Waals surface area contributed by atoms with E-state index in [1.54, 1.807) is 0 Å². The summed E-state index contributed by atoms with van der Waals surface area (Å²) >= 11 is 0. The van der Waals surface area contributed by atoms with E-state index < -0.39 is 0 Å². The molecule has 0 amide bonds. The van der Waals surface area contributed by atoms with Crippen molar-refractivity contribution >= 4 is 59.1 Å². The molecule has 0 aromatic carbocycles. The van der Waals surface area contributed by atoms with Gasteiger partial charge in [0, 0.05) is 65.2 Å². The minimum absolute atomic E-state index is 0. The van der Waals surface area contributed by atoms with Crippen molar-refractivity contribution in [1.29, 1.82) is 0 Å². The molecule has 0 fully saturated rings. The predicted molar refractivity (Wildman–Crippen MR) is 19.4 cm³/mol. The Morgan fingerprint density at radius 2 is 1.00 bits per heavy atom. The quantitative estimate of drug-likeness (QED) is 0.479. The molecule has 0 aliphatic rings. The zero-order chi connectivity index (χ0) is 0. The Morgan fingerprint density at radius 1 is 1.00 bits per heavy atom. The van der Waals surface area contributed by atoms with E-state index in [0.29, 0.717) is 0 Å². The molecule has 4 heteroatoms. The monoisotopic (exact) mass is 289 g/mol. The van der Waals surface area contributed by atoms with Gasteiger partial charge in [0.2, 0.25) is 0 Å². The van der Waals surface area contributed by atoms with E-state index in [0.717, 1.165) is 0 Å². The van der Waals surface area contributed by atoms with Gasteiger partial charge in [0.25, 0.3) is 0 Å². The van der Waals surface area contributed by atoms with Gasteiger partial charge in [-0.2, -0.15) is 0 Å². The van der Waals surface area contributed by atoms with Crippen molar-refractivity contribution in [2.45, 2.75) is 0 Å². The summed E-state index contributed by atoms with van der Waals surface area (Å²) in [6.45, 7) is 0. The van der Waals surface area contributed by atoms with Crippen molar-refractivity contribution in [2.24, 2.45) is 0 Å². The van der Waals surface area contributed by atoms with Gasteiger partial charge < -0.3 is 0 Å². The van der Waals surface area contributed by atoms with E-state index in [1.165, 1.54) is 0 Å². The second-order valence-electron chi connectivity index (χ2n) is 0. The minimum atomic E-state index is 0. The Bertz CT molecular complexity index is 8.00. The second-order valence-corrected chi connectivity index (χ2v) is 0. The summed E-state index contributed by atoms with van der Waals surface area (Å²) in [5, 5.41) is 0. The number of hydrogen-bond donors (Lipinski definition) is 0. The Balaban J connectivity index is 0. The van der Waals surface area contributed by atoms with Crippen LogP contribution in [0.5, 0.6) is 0 Å². The normalized spacial score (nSPS) is 0. The fourth-order valence-electron chi connectivity index (χ4n) is 0. The van der Waals surface area contributed by atoms with Gasteiger partial charge in [0.05, 0.1) is 0 Å². The van der Waals surface area contributed by atoms with Crippen molar-refractivity contribution in [3.8, 4) is 0 Å². The molecule has 20 valence electrons. The maximum Gasteiger partial charge on any atom is 0 e. The molecule has 0 aromatic rings. The third-order valence-electron chi connectivity index (χ3n) is 0. The van der Waals surface area contributed by atoms with Gasteiger partial charge in [-0.25, -0.2) is 0 Å². The molecule has 0 N–H and O–H groups in total. The summed E-state index contributed by atoms with van der Waals surface area (Å²) in [4.78, 5) is 0. The van der Waals surface area contributed by atoms with Crippen molar-refractivity contribution in [3.05, 3.63) is 0 Å². The summed E-state index contributed by atoms with van der Waals surface area (Å²) in [7, 11) is 0. The molecule has 0 rings (SSSR count). The first-order chi connectivity index (χ1) is 0. The van der Waals surface area contributed by atoms with Crippen LogP contribution in [0.3, 0.4) is 0 Å². The molecule has 0 aliphatic heterocycles. The van der Waals surface area contributed by atoms with E-state index in [9.17, 15) is 0 Å². The molecule has 0 unspecified atom stereocenters. The molecule has 12 radical (unpaired) electrons. The molecule has 0 aliphatic carbocycles. The Labute approximate surface area is 64.8 Å². The standard InChI is InChI=1S/Ge.N.Sb.Se. The van der Waals surface area contributed by atoms with Crippen LogP contribution >= 0.6 is 0 Å². The van der Waals surface area contributed by atoms with E-state index >= 15 is 0 Å². The van der Waals surface area contributed by atoms with Gasteiger partial charge >= 0.3 is 0 Å². The molecular weight excluding hydrogens is 287 g/mol. The van der Waals surface area contributed by atoms with E-state index in [4.69, 9.17) is 0 Å². The summed E-state index contributed by atoms with van der Waals surface area (Å²) in [5.74, 6) is 0. The predicted octanol–water partition coefficient (Wildman–Crippen LogP) is -1.62. The van der Waals surface area contributed by atoms with Crippen LogP contribution in [0.15, 0.2) is 0 Å². The molecule has 0 aromatic heterocycles. The summed E-state index contributed by atoms with van der Waals surface area (Å²) in [6.07, 6.45) is 0. The molecule has 1 nitrogen and oxygen atoms in total. The second kappa shape index (κ2) is 21.1. The Kier molecular flexibility index (Phi) is 213. The van der Waals surface area contributed by atoms with E-state index in [2.05, 4.69) is 0 Å². The smallest absolute Gasteiger partial charge is 0 e. The number of rotatable bonds is 0. The fraction of sp³-hybridized carbons (Fsp3) is 0. The van der Waals surface area contributed by atoms with Crippen LogP contribution in [0.2, 0.25) is 0 Å². The van der Waals surface area contributed by atoms with Crippen molar-refractivity contribution in [2.75, 3.05) is 0 Å². The maximum absolute atomic E-state index is 0. The average Bonchev–Trinajstić information content (AvgIpc) is 0. The zero-order valence-electron chi connectivity index (χ0n) is 1.80. The average molecular weight is 287 g/mol. The topological polar surface area (TPSA) is 30.5 Å². The van der Waals surface area contributed by atoms with Crippen LogP contribution in [0.25, 0.3) is 0 Å². The molecule has 0 saturated heterocycles. The maximum atomic E-state index is 0. The van der Waals surface area contributed by atoms with Crippen LogP contribution in [-0.4, -0.2) is 59.1 Å². The van der Waals surface area contributed by atoms with Gasteiger partial charge in [-0.3, -0.25) is 0 Å². The Morgan fingerprint density at radius 3 is 1.00 bits per heavy atom. The summed E-state index contributed by atoms with van der Waals surface area (Å²) < 4.78 is 0. The fourth-order valence-corrected chi connectivity index (χ4v) is 0. The van der Waals surface area contributed by atoms with Gasteiger partial charge in [-0.15, -0.1) is 0 Å². The third-order valence-corrected chi connectivity index (χ3v) is 0. The first-order valence-corrected chi connectivity index (χ1v) is 0. The summed E-state index contributed by atoms with van der Waals surface area (Å²) in [5.41, 5.74) is 0. The zero-order valence-corrected chi connectivity index (χ0v) is 8.17. The molecule has 0 bridgehead atoms. The van der Waals surface area contributed by atoms with Gasteiger partial charge in [0.1, 0.15) is 0 Å². The van der Waals surface area contributed by atoms with Gasteiger partial charge in [-0.05, 0) is 0 Å². The SMILES string of the molecule is [Ge].[N].[Sb].[Se]. The van der Waals surface area contributed by atoms with Crippen LogP contribution in [0.4, 0.5) is 0 Å². The van der Waals surface area contributed by atoms with Crippen LogP contribution < -0.4 is 6.15 Å². The number of nitrogens with zero attached hydrogens (tertiary/aromatic N) is 1. The van der Waals surface area contributed by atoms with Gasteiger partial charge in [0.15, 0.2) is 0 Å². The molecule has 0 saturated carbocycles. The van der Waals surface area contributed by atoms with E-state index in [-0.39, 0.29) is 65.2 Å². The van der Waals surface area contributed by atoms with E-state index in [1.807, 2.05) is 0 Å².